The molecule has 0 radical (unpaired) electrons. The molecule has 0 aliphatic carbocycles. The third-order valence-corrected chi connectivity index (χ3v) is 5.95. The first kappa shape index (κ1) is 22.5. The van der Waals surface area contributed by atoms with Crippen LogP contribution in [-0.4, -0.2) is 54.4 Å². The van der Waals surface area contributed by atoms with Crippen LogP contribution in [0.4, 0.5) is 17.5 Å². The quantitative estimate of drug-likeness (QED) is 0.351. The van der Waals surface area contributed by atoms with Crippen LogP contribution >= 0.6 is 15.9 Å². The minimum atomic E-state index is -3.66. The van der Waals surface area contributed by atoms with E-state index in [0.717, 1.165) is 0 Å². The molecule has 11 heteroatoms. The first-order valence-corrected chi connectivity index (χ1v) is 10.9. The van der Waals surface area contributed by atoms with Crippen molar-refractivity contribution in [3.8, 4) is 0 Å². The number of hydrogen-bond acceptors (Lipinski definition) is 8. The van der Waals surface area contributed by atoms with E-state index in [0.29, 0.717) is 21.9 Å². The predicted octanol–water partition coefficient (Wildman–Crippen LogP) is 1.68. The number of aliphatic hydroxyl groups excluding tert-OH is 2. The van der Waals surface area contributed by atoms with Crippen LogP contribution in [0.5, 0.6) is 0 Å². The van der Waals surface area contributed by atoms with Crippen molar-refractivity contribution < 1.29 is 18.6 Å². The average molecular weight is 474 g/mol. The van der Waals surface area contributed by atoms with Crippen LogP contribution in [0.2, 0.25) is 0 Å². The van der Waals surface area contributed by atoms with Crippen molar-refractivity contribution in [1.29, 1.82) is 0 Å². The molecule has 0 aliphatic heterocycles. The highest BCUT2D eigenvalue weighted by Gasteiger charge is 2.16. The van der Waals surface area contributed by atoms with E-state index in [1.807, 2.05) is 13.8 Å². The van der Waals surface area contributed by atoms with Gasteiger partial charge in [-0.3, -0.25) is 0 Å². The van der Waals surface area contributed by atoms with Gasteiger partial charge in [0.25, 0.3) is 0 Å². The van der Waals surface area contributed by atoms with E-state index in [9.17, 15) is 13.5 Å². The number of nitrogens with zero attached hydrogens (tertiary/aromatic N) is 2. The second kappa shape index (κ2) is 10.1. The Balaban J connectivity index is 2.14. The van der Waals surface area contributed by atoms with Gasteiger partial charge in [0.1, 0.15) is 5.82 Å². The van der Waals surface area contributed by atoms with Crippen LogP contribution in [0.15, 0.2) is 39.8 Å². The molecule has 1 atom stereocenters. The predicted molar refractivity (Wildman–Crippen MR) is 111 cm³/mol. The van der Waals surface area contributed by atoms with Gasteiger partial charge in [0, 0.05) is 18.4 Å². The Hall–Kier alpha value is -1.79. The Morgan fingerprint density at radius 2 is 1.86 bits per heavy atom. The number of aromatic nitrogens is 2. The Morgan fingerprint density at radius 3 is 2.43 bits per heavy atom. The second-order valence-electron chi connectivity index (χ2n) is 6.34. The molecule has 154 valence electrons. The molecule has 2 aromatic rings. The topological polar surface area (TPSA) is 136 Å². The van der Waals surface area contributed by atoms with E-state index in [4.69, 9.17) is 5.11 Å². The highest BCUT2D eigenvalue weighted by atomic mass is 79.9. The summed E-state index contributed by atoms with van der Waals surface area (Å²) >= 11 is 3.39. The standard InChI is InChI=1S/C17H24BrN5O4S/c1-11(2)15(10-25)22-16-14(18)9-19-17(23-16)21-12-3-5-13(6-4-12)28(26,27)20-7-8-24/h3-6,9,11,15,20,24-25H,7-8,10H2,1-2H3,(H2,19,21,22,23). The van der Waals surface area contributed by atoms with E-state index in [1.165, 1.54) is 12.1 Å². The first-order chi connectivity index (χ1) is 13.3. The summed E-state index contributed by atoms with van der Waals surface area (Å²) in [5.41, 5.74) is 0.608. The zero-order chi connectivity index (χ0) is 20.7. The van der Waals surface area contributed by atoms with Gasteiger partial charge >= 0.3 is 0 Å². The van der Waals surface area contributed by atoms with Crippen LogP contribution in [0.25, 0.3) is 0 Å². The van der Waals surface area contributed by atoms with Crippen LogP contribution in [0.3, 0.4) is 0 Å². The molecule has 0 aliphatic rings. The fraction of sp³-hybridized carbons (Fsp3) is 0.412. The molecule has 0 amide bonds. The lowest BCUT2D eigenvalue weighted by molar-refractivity contribution is 0.249. The molecule has 1 aromatic carbocycles. The molecule has 5 N–H and O–H groups in total. The lowest BCUT2D eigenvalue weighted by Gasteiger charge is -2.21. The Bertz CT molecular complexity index is 878. The van der Waals surface area contributed by atoms with Crippen molar-refractivity contribution in [1.82, 2.24) is 14.7 Å². The molecule has 0 fully saturated rings. The van der Waals surface area contributed by atoms with Crippen molar-refractivity contribution in [2.24, 2.45) is 5.92 Å². The molecule has 0 bridgehead atoms. The van der Waals surface area contributed by atoms with Gasteiger partial charge in [-0.25, -0.2) is 18.1 Å². The summed E-state index contributed by atoms with van der Waals surface area (Å²) in [5.74, 6) is 1.06. The molecule has 28 heavy (non-hydrogen) atoms. The summed E-state index contributed by atoms with van der Waals surface area (Å²) in [5, 5.41) is 24.4. The molecule has 1 heterocycles. The van der Waals surface area contributed by atoms with Crippen LogP contribution < -0.4 is 15.4 Å². The maximum Gasteiger partial charge on any atom is 0.240 e. The highest BCUT2D eigenvalue weighted by molar-refractivity contribution is 9.10. The molecule has 0 spiro atoms. The van der Waals surface area contributed by atoms with Crippen molar-refractivity contribution in [3.63, 3.8) is 0 Å². The monoisotopic (exact) mass is 473 g/mol. The van der Waals surface area contributed by atoms with Crippen molar-refractivity contribution in [2.45, 2.75) is 24.8 Å². The number of hydrogen-bond donors (Lipinski definition) is 5. The average Bonchev–Trinajstić information content (AvgIpc) is 2.67. The van der Waals surface area contributed by atoms with Crippen molar-refractivity contribution in [3.05, 3.63) is 34.9 Å². The maximum absolute atomic E-state index is 12.0. The van der Waals surface area contributed by atoms with Gasteiger partial charge < -0.3 is 20.8 Å². The largest absolute Gasteiger partial charge is 0.395 e. The van der Waals surface area contributed by atoms with Gasteiger partial charge in [-0.1, -0.05) is 13.8 Å². The van der Waals surface area contributed by atoms with Gasteiger partial charge in [-0.05, 0) is 46.1 Å². The summed E-state index contributed by atoms with van der Waals surface area (Å²) < 4.78 is 27.0. The number of sulfonamides is 1. The number of benzene rings is 1. The second-order valence-corrected chi connectivity index (χ2v) is 8.96. The van der Waals surface area contributed by atoms with E-state index in [2.05, 4.69) is 41.3 Å². The normalized spacial score (nSPS) is 12.8. The van der Waals surface area contributed by atoms with Gasteiger partial charge in [0.15, 0.2) is 0 Å². The number of halogens is 1. The summed E-state index contributed by atoms with van der Waals surface area (Å²) in [7, 11) is -3.66. The van der Waals surface area contributed by atoms with E-state index in [-0.39, 0.29) is 36.6 Å². The first-order valence-electron chi connectivity index (χ1n) is 8.64. The fourth-order valence-corrected chi connectivity index (χ4v) is 3.56. The maximum atomic E-state index is 12.0. The van der Waals surface area contributed by atoms with E-state index >= 15 is 0 Å². The summed E-state index contributed by atoms with van der Waals surface area (Å²) in [6.45, 7) is 3.64. The minimum absolute atomic E-state index is 0.0306. The minimum Gasteiger partial charge on any atom is -0.395 e. The van der Waals surface area contributed by atoms with Crippen molar-refractivity contribution in [2.75, 3.05) is 30.4 Å². The molecule has 0 saturated heterocycles. The molecule has 1 unspecified atom stereocenters. The Kier molecular flexibility index (Phi) is 8.13. The van der Waals surface area contributed by atoms with Crippen LogP contribution in [-0.2, 0) is 10.0 Å². The third kappa shape index (κ3) is 6.11. The van der Waals surface area contributed by atoms with Crippen LogP contribution in [0.1, 0.15) is 13.8 Å². The SMILES string of the molecule is CC(C)C(CO)Nc1nc(Nc2ccc(S(=O)(=O)NCCO)cc2)ncc1Br. The molecular weight excluding hydrogens is 450 g/mol. The van der Waals surface area contributed by atoms with Gasteiger partial charge in [0.2, 0.25) is 16.0 Å². The zero-order valence-electron chi connectivity index (χ0n) is 15.6. The van der Waals surface area contributed by atoms with E-state index < -0.39 is 10.0 Å². The van der Waals surface area contributed by atoms with E-state index in [1.54, 1.807) is 18.3 Å². The number of rotatable bonds is 10. The lowest BCUT2D eigenvalue weighted by atomic mass is 10.1. The fourth-order valence-electron chi connectivity index (χ4n) is 2.24. The number of anilines is 3. The van der Waals surface area contributed by atoms with Crippen LogP contribution in [0, 0.1) is 5.92 Å². The van der Waals surface area contributed by atoms with Gasteiger partial charge in [-0.15, -0.1) is 0 Å². The number of aliphatic hydroxyl groups is 2. The summed E-state index contributed by atoms with van der Waals surface area (Å²) in [6.07, 6.45) is 1.59. The van der Waals surface area contributed by atoms with Gasteiger partial charge in [-0.2, -0.15) is 4.98 Å². The Morgan fingerprint density at radius 1 is 1.18 bits per heavy atom. The lowest BCUT2D eigenvalue weighted by Crippen LogP contribution is -2.30. The van der Waals surface area contributed by atoms with Crippen molar-refractivity contribution >= 4 is 43.4 Å². The molecule has 2 rings (SSSR count). The summed E-state index contributed by atoms with van der Waals surface area (Å²) in [6, 6.07) is 5.92. The van der Waals surface area contributed by atoms with Gasteiger partial charge in [0.05, 0.1) is 28.6 Å². The highest BCUT2D eigenvalue weighted by Crippen LogP contribution is 2.24. The number of nitrogens with one attached hydrogen (secondary N) is 3. The molecule has 1 aromatic heterocycles. The zero-order valence-corrected chi connectivity index (χ0v) is 18.0. The molecular formula is C17H24BrN5O4S. The molecule has 9 nitrogen and oxygen atoms in total. The summed E-state index contributed by atoms with van der Waals surface area (Å²) in [4.78, 5) is 8.68. The molecule has 0 saturated carbocycles. The smallest absolute Gasteiger partial charge is 0.240 e. The Labute approximate surface area is 172 Å². The third-order valence-electron chi connectivity index (χ3n) is 3.89.